The van der Waals surface area contributed by atoms with Gasteiger partial charge in [0.15, 0.2) is 5.78 Å². The van der Waals surface area contributed by atoms with Gasteiger partial charge in [-0.1, -0.05) is 0 Å². The second kappa shape index (κ2) is 3.33. The lowest BCUT2D eigenvalue weighted by Gasteiger charge is -2.02. The van der Waals surface area contributed by atoms with Gasteiger partial charge in [0.05, 0.1) is 22.2 Å². The van der Waals surface area contributed by atoms with Crippen molar-refractivity contribution in [3.8, 4) is 5.75 Å². The molecule has 1 aromatic rings. The van der Waals surface area contributed by atoms with Crippen LogP contribution in [0.25, 0.3) is 0 Å². The first-order valence-corrected chi connectivity index (χ1v) is 3.71. The van der Waals surface area contributed by atoms with Crippen LogP contribution >= 0.6 is 0 Å². The Kier molecular flexibility index (Phi) is 2.37. The number of nitrogens with zero attached hydrogens (tertiary/aromatic N) is 1. The Morgan fingerprint density at radius 3 is 2.57 bits per heavy atom. The van der Waals surface area contributed by atoms with E-state index in [9.17, 15) is 14.9 Å². The van der Waals surface area contributed by atoms with Crippen LogP contribution < -0.4 is 5.73 Å². The molecule has 0 spiro atoms. The van der Waals surface area contributed by atoms with Crippen molar-refractivity contribution in [2.45, 2.75) is 6.92 Å². The van der Waals surface area contributed by atoms with Gasteiger partial charge >= 0.3 is 0 Å². The molecule has 0 fully saturated rings. The van der Waals surface area contributed by atoms with E-state index in [0.29, 0.717) is 0 Å². The Balaban J connectivity index is 3.46. The van der Waals surface area contributed by atoms with Crippen LogP contribution in [-0.2, 0) is 0 Å². The van der Waals surface area contributed by atoms with Gasteiger partial charge in [-0.05, 0) is 13.0 Å². The Morgan fingerprint density at radius 2 is 2.14 bits per heavy atom. The molecule has 3 N–H and O–H groups in total. The molecule has 0 heterocycles. The van der Waals surface area contributed by atoms with Crippen LogP contribution in [0, 0.1) is 10.1 Å². The van der Waals surface area contributed by atoms with E-state index >= 15 is 0 Å². The molecule has 6 nitrogen and oxygen atoms in total. The average Bonchev–Trinajstić information content (AvgIpc) is 2.08. The SMILES string of the molecule is CC(=O)c1cc(N)c(O)cc1[N+](=O)[O-]. The summed E-state index contributed by atoms with van der Waals surface area (Å²) in [7, 11) is 0. The Labute approximate surface area is 79.1 Å². The lowest BCUT2D eigenvalue weighted by Crippen LogP contribution is -2.01. The fourth-order valence-corrected chi connectivity index (χ4v) is 1.03. The summed E-state index contributed by atoms with van der Waals surface area (Å²) in [5.74, 6) is -0.870. The van der Waals surface area contributed by atoms with Crippen molar-refractivity contribution in [3.05, 3.63) is 27.8 Å². The Hall–Kier alpha value is -2.11. The van der Waals surface area contributed by atoms with Gasteiger partial charge in [-0.15, -0.1) is 0 Å². The standard InChI is InChI=1S/C8H8N2O4/c1-4(11)5-2-6(9)8(12)3-7(5)10(13)14/h2-3,12H,9H2,1H3. The average molecular weight is 196 g/mol. The van der Waals surface area contributed by atoms with Crippen molar-refractivity contribution in [2.75, 3.05) is 5.73 Å². The van der Waals surface area contributed by atoms with Crippen LogP contribution in [0.3, 0.4) is 0 Å². The first-order valence-electron chi connectivity index (χ1n) is 3.71. The number of phenols is 1. The lowest BCUT2D eigenvalue weighted by molar-refractivity contribution is -0.385. The molecule has 14 heavy (non-hydrogen) atoms. The first-order chi connectivity index (χ1) is 6.43. The molecule has 0 saturated carbocycles. The second-order valence-corrected chi connectivity index (χ2v) is 2.74. The van der Waals surface area contributed by atoms with Gasteiger partial charge < -0.3 is 10.8 Å². The molecule has 0 atom stereocenters. The molecule has 6 heteroatoms. The highest BCUT2D eigenvalue weighted by atomic mass is 16.6. The molecular weight excluding hydrogens is 188 g/mol. The van der Waals surface area contributed by atoms with Crippen molar-refractivity contribution >= 4 is 17.2 Å². The Bertz CT molecular complexity index is 375. The van der Waals surface area contributed by atoms with Crippen LogP contribution in [0.4, 0.5) is 11.4 Å². The minimum absolute atomic E-state index is 0.0548. The highest BCUT2D eigenvalue weighted by Gasteiger charge is 2.19. The lowest BCUT2D eigenvalue weighted by atomic mass is 10.1. The maximum Gasteiger partial charge on any atom is 0.284 e. The summed E-state index contributed by atoms with van der Waals surface area (Å²) in [6, 6.07) is 1.96. The third kappa shape index (κ3) is 1.63. The fourth-order valence-electron chi connectivity index (χ4n) is 1.03. The van der Waals surface area contributed by atoms with E-state index in [-0.39, 0.29) is 11.3 Å². The van der Waals surface area contributed by atoms with Crippen LogP contribution in [0.2, 0.25) is 0 Å². The second-order valence-electron chi connectivity index (χ2n) is 2.74. The zero-order valence-electron chi connectivity index (χ0n) is 7.35. The van der Waals surface area contributed by atoms with Gasteiger partial charge in [0.1, 0.15) is 5.75 Å². The number of Topliss-reactive ketones (excluding diaryl/α,β-unsaturated/α-hetero) is 1. The zero-order valence-corrected chi connectivity index (χ0v) is 7.35. The number of benzene rings is 1. The zero-order chi connectivity index (χ0) is 10.9. The number of anilines is 1. The molecule has 0 unspecified atom stereocenters. The number of hydrogen-bond donors (Lipinski definition) is 2. The highest BCUT2D eigenvalue weighted by Crippen LogP contribution is 2.29. The molecule has 1 aromatic carbocycles. The van der Waals surface area contributed by atoms with Crippen LogP contribution in [0.15, 0.2) is 12.1 Å². The molecule has 0 bridgehead atoms. The number of carbonyl (C=O) groups is 1. The molecule has 0 amide bonds. The predicted octanol–water partition coefficient (Wildman–Crippen LogP) is 1.09. The number of aromatic hydroxyl groups is 1. The third-order valence-electron chi connectivity index (χ3n) is 1.72. The molecule has 0 aromatic heterocycles. The van der Waals surface area contributed by atoms with Gasteiger partial charge in [0.25, 0.3) is 5.69 Å². The molecule has 74 valence electrons. The minimum Gasteiger partial charge on any atom is -0.506 e. The summed E-state index contributed by atoms with van der Waals surface area (Å²) in [6.45, 7) is 1.19. The van der Waals surface area contributed by atoms with E-state index in [1.54, 1.807) is 0 Å². The van der Waals surface area contributed by atoms with Crippen LogP contribution in [-0.4, -0.2) is 15.8 Å². The van der Waals surface area contributed by atoms with Gasteiger partial charge in [-0.3, -0.25) is 14.9 Å². The fraction of sp³-hybridized carbons (Fsp3) is 0.125. The first kappa shape index (κ1) is 9.97. The molecule has 0 aliphatic carbocycles. The smallest absolute Gasteiger partial charge is 0.284 e. The number of nitro groups is 1. The largest absolute Gasteiger partial charge is 0.506 e. The number of carbonyl (C=O) groups excluding carboxylic acids is 1. The molecule has 0 aliphatic rings. The molecule has 0 aliphatic heterocycles. The summed E-state index contributed by atoms with van der Waals surface area (Å²) in [5.41, 5.74) is 4.70. The number of phenolic OH excluding ortho intramolecular Hbond substituents is 1. The summed E-state index contributed by atoms with van der Waals surface area (Å²) in [6.07, 6.45) is 0. The van der Waals surface area contributed by atoms with Gasteiger partial charge in [-0.2, -0.15) is 0 Å². The van der Waals surface area contributed by atoms with E-state index in [1.165, 1.54) is 6.92 Å². The maximum atomic E-state index is 11.0. The number of nitrogen functional groups attached to an aromatic ring is 1. The third-order valence-corrected chi connectivity index (χ3v) is 1.72. The minimum atomic E-state index is -0.740. The van der Waals surface area contributed by atoms with E-state index in [0.717, 1.165) is 12.1 Å². The molecule has 0 saturated heterocycles. The van der Waals surface area contributed by atoms with Crippen LogP contribution in [0.5, 0.6) is 5.75 Å². The number of hydrogen-bond acceptors (Lipinski definition) is 5. The van der Waals surface area contributed by atoms with Crippen molar-refractivity contribution < 1.29 is 14.8 Å². The summed E-state index contributed by atoms with van der Waals surface area (Å²) < 4.78 is 0. The summed E-state index contributed by atoms with van der Waals surface area (Å²) in [5, 5.41) is 19.6. The summed E-state index contributed by atoms with van der Waals surface area (Å²) >= 11 is 0. The maximum absolute atomic E-state index is 11.0. The Morgan fingerprint density at radius 1 is 1.57 bits per heavy atom. The van der Waals surface area contributed by atoms with E-state index in [2.05, 4.69) is 0 Å². The monoisotopic (exact) mass is 196 g/mol. The van der Waals surface area contributed by atoms with Crippen molar-refractivity contribution in [3.63, 3.8) is 0 Å². The topological polar surface area (TPSA) is 106 Å². The van der Waals surface area contributed by atoms with Crippen molar-refractivity contribution in [2.24, 2.45) is 0 Å². The quantitative estimate of drug-likeness (QED) is 0.242. The van der Waals surface area contributed by atoms with Gasteiger partial charge in [0.2, 0.25) is 0 Å². The van der Waals surface area contributed by atoms with Crippen LogP contribution in [0.1, 0.15) is 17.3 Å². The number of rotatable bonds is 2. The predicted molar refractivity (Wildman–Crippen MR) is 49.2 cm³/mol. The van der Waals surface area contributed by atoms with Gasteiger partial charge in [0, 0.05) is 0 Å². The normalized spacial score (nSPS) is 9.79. The number of ketones is 1. The van der Waals surface area contributed by atoms with E-state index < -0.39 is 22.1 Å². The van der Waals surface area contributed by atoms with E-state index in [4.69, 9.17) is 10.8 Å². The molecular formula is C8H8N2O4. The van der Waals surface area contributed by atoms with Gasteiger partial charge in [-0.25, -0.2) is 0 Å². The number of nitro benzene ring substituents is 1. The van der Waals surface area contributed by atoms with Crippen molar-refractivity contribution in [1.29, 1.82) is 0 Å². The summed E-state index contributed by atoms with van der Waals surface area (Å²) in [4.78, 5) is 20.7. The highest BCUT2D eigenvalue weighted by molar-refractivity contribution is 5.99. The molecule has 1 rings (SSSR count). The van der Waals surface area contributed by atoms with Crippen molar-refractivity contribution in [1.82, 2.24) is 0 Å². The number of nitrogens with two attached hydrogens (primary N) is 1. The molecule has 0 radical (unpaired) electrons. The van der Waals surface area contributed by atoms with E-state index in [1.807, 2.05) is 0 Å².